The minimum absolute atomic E-state index is 0.445. The second-order valence-electron chi connectivity index (χ2n) is 4.21. The molecule has 84 valence electrons. The van der Waals surface area contributed by atoms with Crippen LogP contribution in [0.2, 0.25) is 0 Å². The lowest BCUT2D eigenvalue weighted by Gasteiger charge is -2.12. The number of hydrogen-bond donors (Lipinski definition) is 1. The van der Waals surface area contributed by atoms with E-state index >= 15 is 0 Å². The molecule has 0 amide bonds. The number of aliphatic hydroxyl groups excluding tert-OH is 1. The fraction of sp³-hybridized carbons (Fsp3) is 0.583. The zero-order valence-electron chi connectivity index (χ0n) is 9.28. The summed E-state index contributed by atoms with van der Waals surface area (Å²) in [7, 11) is 0. The van der Waals surface area contributed by atoms with Gasteiger partial charge >= 0.3 is 0 Å². The van der Waals surface area contributed by atoms with Gasteiger partial charge in [-0.15, -0.1) is 0 Å². The predicted octanol–water partition coefficient (Wildman–Crippen LogP) is 3.70. The SMILES string of the molecule is CC(C)CCCC(O)c1ncccc1Br. The van der Waals surface area contributed by atoms with Crippen LogP contribution >= 0.6 is 15.9 Å². The minimum Gasteiger partial charge on any atom is -0.387 e. The average Bonchev–Trinajstić information content (AvgIpc) is 2.17. The van der Waals surface area contributed by atoms with Crippen LogP contribution in [0.1, 0.15) is 44.9 Å². The Kier molecular flexibility index (Phi) is 5.26. The first-order valence-corrected chi connectivity index (χ1v) is 6.19. The maximum atomic E-state index is 9.92. The van der Waals surface area contributed by atoms with Crippen molar-refractivity contribution in [1.29, 1.82) is 0 Å². The van der Waals surface area contributed by atoms with E-state index in [0.717, 1.165) is 29.4 Å². The van der Waals surface area contributed by atoms with Crippen LogP contribution in [0.5, 0.6) is 0 Å². The van der Waals surface area contributed by atoms with Crippen molar-refractivity contribution < 1.29 is 5.11 Å². The van der Waals surface area contributed by atoms with Crippen molar-refractivity contribution in [2.45, 2.75) is 39.2 Å². The third kappa shape index (κ3) is 4.31. The number of aliphatic hydroxyl groups is 1. The molecule has 1 heterocycles. The highest BCUT2D eigenvalue weighted by Gasteiger charge is 2.11. The normalized spacial score (nSPS) is 13.1. The summed E-state index contributed by atoms with van der Waals surface area (Å²) in [6.07, 6.45) is 4.25. The van der Waals surface area contributed by atoms with Crippen molar-refractivity contribution in [2.24, 2.45) is 5.92 Å². The molecule has 0 fully saturated rings. The highest BCUT2D eigenvalue weighted by molar-refractivity contribution is 9.10. The molecule has 0 aliphatic heterocycles. The fourth-order valence-electron chi connectivity index (χ4n) is 1.50. The Hall–Kier alpha value is -0.410. The lowest BCUT2D eigenvalue weighted by molar-refractivity contribution is 0.156. The molecule has 0 aromatic carbocycles. The van der Waals surface area contributed by atoms with E-state index in [9.17, 15) is 5.11 Å². The topological polar surface area (TPSA) is 33.1 Å². The van der Waals surface area contributed by atoms with Crippen LogP contribution in [0.3, 0.4) is 0 Å². The summed E-state index contributed by atoms with van der Waals surface area (Å²) < 4.78 is 0.891. The number of hydrogen-bond acceptors (Lipinski definition) is 2. The van der Waals surface area contributed by atoms with Crippen molar-refractivity contribution in [3.8, 4) is 0 Å². The summed E-state index contributed by atoms with van der Waals surface area (Å²) in [4.78, 5) is 4.18. The first-order chi connectivity index (χ1) is 7.11. The molecule has 0 aliphatic carbocycles. The van der Waals surface area contributed by atoms with Crippen LogP contribution in [-0.4, -0.2) is 10.1 Å². The lowest BCUT2D eigenvalue weighted by Crippen LogP contribution is -2.02. The molecule has 1 N–H and O–H groups in total. The molecule has 0 saturated carbocycles. The Balaban J connectivity index is 2.47. The van der Waals surface area contributed by atoms with Crippen molar-refractivity contribution in [3.63, 3.8) is 0 Å². The van der Waals surface area contributed by atoms with Crippen LogP contribution in [0.25, 0.3) is 0 Å². The Morgan fingerprint density at radius 2 is 2.13 bits per heavy atom. The third-order valence-electron chi connectivity index (χ3n) is 2.36. The van der Waals surface area contributed by atoms with Gasteiger partial charge in [0.25, 0.3) is 0 Å². The van der Waals surface area contributed by atoms with E-state index in [0.29, 0.717) is 5.92 Å². The Morgan fingerprint density at radius 1 is 1.40 bits per heavy atom. The molecule has 0 bridgehead atoms. The summed E-state index contributed by atoms with van der Waals surface area (Å²) in [5.74, 6) is 0.698. The largest absolute Gasteiger partial charge is 0.387 e. The molecular weight excluding hydrogens is 254 g/mol. The number of nitrogens with zero attached hydrogens (tertiary/aromatic N) is 1. The van der Waals surface area contributed by atoms with Crippen LogP contribution < -0.4 is 0 Å². The zero-order chi connectivity index (χ0) is 11.3. The maximum absolute atomic E-state index is 9.92. The zero-order valence-corrected chi connectivity index (χ0v) is 10.9. The van der Waals surface area contributed by atoms with E-state index in [4.69, 9.17) is 0 Å². The van der Waals surface area contributed by atoms with Crippen LogP contribution in [0, 0.1) is 5.92 Å². The highest BCUT2D eigenvalue weighted by atomic mass is 79.9. The number of halogens is 1. The Morgan fingerprint density at radius 3 is 2.73 bits per heavy atom. The second kappa shape index (κ2) is 6.23. The van der Waals surface area contributed by atoms with E-state index in [2.05, 4.69) is 34.8 Å². The van der Waals surface area contributed by atoms with Gasteiger partial charge in [0.2, 0.25) is 0 Å². The monoisotopic (exact) mass is 271 g/mol. The molecule has 1 atom stereocenters. The molecule has 15 heavy (non-hydrogen) atoms. The van der Waals surface area contributed by atoms with E-state index < -0.39 is 6.10 Å². The summed E-state index contributed by atoms with van der Waals surface area (Å²) in [5, 5.41) is 9.92. The van der Waals surface area contributed by atoms with E-state index in [1.807, 2.05) is 12.1 Å². The second-order valence-corrected chi connectivity index (χ2v) is 5.07. The molecule has 1 rings (SSSR count). The molecule has 0 radical (unpaired) electrons. The molecule has 1 aromatic rings. The number of rotatable bonds is 5. The van der Waals surface area contributed by atoms with Gasteiger partial charge in [-0.1, -0.05) is 26.7 Å². The van der Waals surface area contributed by atoms with E-state index in [-0.39, 0.29) is 0 Å². The van der Waals surface area contributed by atoms with Gasteiger partial charge in [-0.25, -0.2) is 0 Å². The standard InChI is InChI=1S/C12H18BrNO/c1-9(2)5-3-7-11(15)12-10(13)6-4-8-14-12/h4,6,8-9,11,15H,3,5,7H2,1-2H3. The van der Waals surface area contributed by atoms with Crippen molar-refractivity contribution >= 4 is 15.9 Å². The smallest absolute Gasteiger partial charge is 0.0971 e. The lowest BCUT2D eigenvalue weighted by atomic mass is 10.0. The molecule has 3 heteroatoms. The number of aromatic nitrogens is 1. The van der Waals surface area contributed by atoms with Crippen molar-refractivity contribution in [2.75, 3.05) is 0 Å². The quantitative estimate of drug-likeness (QED) is 0.886. The van der Waals surface area contributed by atoms with Gasteiger partial charge in [-0.2, -0.15) is 0 Å². The maximum Gasteiger partial charge on any atom is 0.0971 e. The van der Waals surface area contributed by atoms with Crippen LogP contribution in [0.4, 0.5) is 0 Å². The van der Waals surface area contributed by atoms with Crippen LogP contribution in [-0.2, 0) is 0 Å². The summed E-state index contributed by atoms with van der Waals surface area (Å²) >= 11 is 3.40. The summed E-state index contributed by atoms with van der Waals surface area (Å²) in [6.45, 7) is 4.39. The molecule has 0 spiro atoms. The van der Waals surface area contributed by atoms with Gasteiger partial charge < -0.3 is 5.11 Å². The molecule has 2 nitrogen and oxygen atoms in total. The highest BCUT2D eigenvalue weighted by Crippen LogP contribution is 2.25. The van der Waals surface area contributed by atoms with Crippen LogP contribution in [0.15, 0.2) is 22.8 Å². The molecular formula is C12H18BrNO. The van der Waals surface area contributed by atoms with Gasteiger partial charge in [-0.05, 0) is 40.4 Å². The molecule has 0 saturated heterocycles. The van der Waals surface area contributed by atoms with Gasteiger partial charge in [0.1, 0.15) is 0 Å². The summed E-state index contributed by atoms with van der Waals surface area (Å²) in [6, 6.07) is 3.77. The molecule has 0 aliphatic rings. The first-order valence-electron chi connectivity index (χ1n) is 5.39. The molecule has 1 aromatic heterocycles. The van der Waals surface area contributed by atoms with E-state index in [1.54, 1.807) is 6.20 Å². The fourth-order valence-corrected chi connectivity index (χ4v) is 2.02. The Bertz CT molecular complexity index is 301. The Labute approximate surface area is 99.9 Å². The van der Waals surface area contributed by atoms with Crippen molar-refractivity contribution in [1.82, 2.24) is 4.98 Å². The average molecular weight is 272 g/mol. The van der Waals surface area contributed by atoms with Gasteiger partial charge in [0.15, 0.2) is 0 Å². The number of pyridine rings is 1. The van der Waals surface area contributed by atoms with Gasteiger partial charge in [0.05, 0.1) is 11.8 Å². The predicted molar refractivity (Wildman–Crippen MR) is 65.6 cm³/mol. The third-order valence-corrected chi connectivity index (χ3v) is 3.03. The molecule has 1 unspecified atom stereocenters. The van der Waals surface area contributed by atoms with Crippen molar-refractivity contribution in [3.05, 3.63) is 28.5 Å². The van der Waals surface area contributed by atoms with Gasteiger partial charge in [-0.3, -0.25) is 4.98 Å². The summed E-state index contributed by atoms with van der Waals surface area (Å²) in [5.41, 5.74) is 0.751. The first kappa shape index (κ1) is 12.7. The minimum atomic E-state index is -0.445. The van der Waals surface area contributed by atoms with Gasteiger partial charge in [0, 0.05) is 10.7 Å². The van der Waals surface area contributed by atoms with E-state index in [1.165, 1.54) is 0 Å².